The van der Waals surface area contributed by atoms with Crippen molar-refractivity contribution in [3.05, 3.63) is 47.8 Å². The number of nitrogens with one attached hydrogen (secondary N) is 3. The molecule has 1 saturated carbocycles. The van der Waals surface area contributed by atoms with E-state index in [-0.39, 0.29) is 49.9 Å². The van der Waals surface area contributed by atoms with Crippen molar-refractivity contribution in [2.24, 2.45) is 29.6 Å². The molecule has 4 N–H and O–H groups in total. The normalized spacial score (nSPS) is 32.3. The highest BCUT2D eigenvalue weighted by atomic mass is 31.2. The Labute approximate surface area is 318 Å². The highest BCUT2D eigenvalue weighted by molar-refractivity contribution is 7.57. The molecule has 0 radical (unpaired) electrons. The molecule has 0 aromatic heterocycles. The summed E-state index contributed by atoms with van der Waals surface area (Å²) in [6.07, 6.45) is 2.07. The second kappa shape index (κ2) is 17.9. The quantitative estimate of drug-likeness (QED) is 0.107. The zero-order chi connectivity index (χ0) is 39.3. The Bertz CT molecular complexity index is 1520. The highest BCUT2D eigenvalue weighted by Gasteiger charge is 2.69. The van der Waals surface area contributed by atoms with Gasteiger partial charge >= 0.3 is 13.7 Å². The molecule has 54 heavy (non-hydrogen) atoms. The molecular weight excluding hydrogens is 721 g/mol. The van der Waals surface area contributed by atoms with E-state index >= 15 is 0 Å². The van der Waals surface area contributed by atoms with Crippen LogP contribution in [0, 0.1) is 29.6 Å². The molecule has 302 valence electrons. The molecule has 5 fully saturated rings. The largest absolute Gasteiger partial charge is 0.465 e. The van der Waals surface area contributed by atoms with Crippen LogP contribution in [0.4, 0.5) is 4.79 Å². The fraction of sp³-hybridized carbons (Fsp3) is 0.711. The standard InChI is InChI=1S/C38H58N3O12P/c1-8-48-54(46,49-9-2)20-18-29(26-13-11-10-12-14-26)39-32(42)30(21-23(3)4)40-33(43)31(41-36(44)45)22-47-34-25(6)28-16-15-24(5)27-17-19-37(7)51-35(50-34)38(27,28)53-52-37/h10-14,18,20,23-25,27-31,34-35,41H,8-9,15-17,19,21-22H2,1-7H3,(H,39,42)(H,40,43)(H,44,45)/b20-18+/t24-,25-,27+,28+,29?,30+,31+,34+,35-,37-,38-/m1/s1. The molecule has 11 atom stereocenters. The minimum Gasteiger partial charge on any atom is -0.465 e. The predicted molar refractivity (Wildman–Crippen MR) is 196 cm³/mol. The minimum atomic E-state index is -3.59. The molecule has 1 aliphatic carbocycles. The van der Waals surface area contributed by atoms with Gasteiger partial charge < -0.3 is 44.3 Å². The van der Waals surface area contributed by atoms with E-state index in [4.69, 9.17) is 33.0 Å². The van der Waals surface area contributed by atoms with Crippen molar-refractivity contribution in [3.63, 3.8) is 0 Å². The first-order chi connectivity index (χ1) is 25.6. The van der Waals surface area contributed by atoms with Crippen molar-refractivity contribution < 1.29 is 57.1 Å². The van der Waals surface area contributed by atoms with Gasteiger partial charge in [0, 0.05) is 24.1 Å². The smallest absolute Gasteiger partial charge is 0.405 e. The number of fused-ring (bicyclic) bond motifs is 2. The lowest BCUT2D eigenvalue weighted by atomic mass is 9.58. The Morgan fingerprint density at radius 1 is 0.963 bits per heavy atom. The molecule has 16 heteroatoms. The van der Waals surface area contributed by atoms with Crippen molar-refractivity contribution in [1.82, 2.24) is 16.0 Å². The van der Waals surface area contributed by atoms with Gasteiger partial charge in [-0.25, -0.2) is 14.6 Å². The first-order valence-electron chi connectivity index (χ1n) is 19.2. The van der Waals surface area contributed by atoms with Crippen molar-refractivity contribution in [2.45, 2.75) is 123 Å². The van der Waals surface area contributed by atoms with E-state index in [0.29, 0.717) is 17.9 Å². The zero-order valence-corrected chi connectivity index (χ0v) is 33.3. The van der Waals surface area contributed by atoms with Gasteiger partial charge in [0.05, 0.1) is 25.9 Å². The summed E-state index contributed by atoms with van der Waals surface area (Å²) in [5.74, 6) is -0.674. The number of ether oxygens (including phenoxy) is 3. The minimum absolute atomic E-state index is 0.0289. The Kier molecular flexibility index (Phi) is 14.0. The van der Waals surface area contributed by atoms with E-state index in [2.05, 4.69) is 22.9 Å². The molecule has 1 unspecified atom stereocenters. The van der Waals surface area contributed by atoms with Crippen LogP contribution in [0.5, 0.6) is 0 Å². The summed E-state index contributed by atoms with van der Waals surface area (Å²) in [4.78, 5) is 51.8. The van der Waals surface area contributed by atoms with Crippen LogP contribution in [0.1, 0.15) is 92.2 Å². The van der Waals surface area contributed by atoms with Gasteiger partial charge in [-0.05, 0) is 75.8 Å². The third-order valence-corrected chi connectivity index (χ3v) is 12.8. The van der Waals surface area contributed by atoms with E-state index in [0.717, 1.165) is 19.3 Å². The Hall–Kier alpha value is -2.88. The molecule has 5 aliphatic rings. The average molecular weight is 780 g/mol. The van der Waals surface area contributed by atoms with Crippen LogP contribution in [0.2, 0.25) is 0 Å². The number of hydrogen-bond acceptors (Lipinski definition) is 11. The van der Waals surface area contributed by atoms with Gasteiger partial charge in [0.1, 0.15) is 12.1 Å². The van der Waals surface area contributed by atoms with E-state index in [1.54, 1.807) is 44.2 Å². The number of rotatable bonds is 17. The van der Waals surface area contributed by atoms with E-state index < -0.39 is 67.6 Å². The number of benzene rings is 1. The van der Waals surface area contributed by atoms with Gasteiger partial charge in [0.25, 0.3) is 0 Å². The van der Waals surface area contributed by atoms with Gasteiger partial charge in [-0.15, -0.1) is 0 Å². The third-order valence-electron chi connectivity index (χ3n) is 11.0. The van der Waals surface area contributed by atoms with E-state index in [9.17, 15) is 24.1 Å². The molecule has 1 aromatic rings. The maximum atomic E-state index is 13.9. The van der Waals surface area contributed by atoms with Crippen molar-refractivity contribution >= 4 is 25.5 Å². The van der Waals surface area contributed by atoms with Crippen LogP contribution < -0.4 is 16.0 Å². The van der Waals surface area contributed by atoms with Gasteiger partial charge in [0.15, 0.2) is 18.2 Å². The van der Waals surface area contributed by atoms with Crippen molar-refractivity contribution in [1.29, 1.82) is 0 Å². The molecule has 1 aromatic carbocycles. The summed E-state index contributed by atoms with van der Waals surface area (Å²) in [5.41, 5.74) is -0.120. The second-order valence-electron chi connectivity index (χ2n) is 15.4. The summed E-state index contributed by atoms with van der Waals surface area (Å²) >= 11 is 0. The lowest BCUT2D eigenvalue weighted by molar-refractivity contribution is -0.577. The molecule has 6 rings (SSSR count). The van der Waals surface area contributed by atoms with Crippen LogP contribution in [0.15, 0.2) is 42.2 Å². The second-order valence-corrected chi connectivity index (χ2v) is 17.3. The Morgan fingerprint density at radius 2 is 1.65 bits per heavy atom. The SMILES string of the molecule is CCOP(=O)(/C=C/C(NC(=O)[C@H](CC(C)C)NC(=O)[C@H](CO[C@H]1O[C@@H]2O[C@@]3(C)CC[C@H]4[C@H](C)CC[C@@H]([C@H]1C)[C@@]24OO3)NC(=O)O)c1ccccc1)OCC. The average Bonchev–Trinajstić information content (AvgIpc) is 3.35. The molecule has 15 nitrogen and oxygen atoms in total. The zero-order valence-electron chi connectivity index (χ0n) is 32.4. The molecule has 1 spiro atoms. The van der Waals surface area contributed by atoms with E-state index in [1.807, 2.05) is 33.8 Å². The third kappa shape index (κ3) is 9.55. The molecule has 4 heterocycles. The summed E-state index contributed by atoms with van der Waals surface area (Å²) < 4.78 is 43.1. The molecule has 3 amide bonds. The summed E-state index contributed by atoms with van der Waals surface area (Å²) in [7, 11) is -3.59. The Balaban J connectivity index is 1.31. The Morgan fingerprint density at radius 3 is 2.30 bits per heavy atom. The topological polar surface area (TPSA) is 189 Å². The number of carboxylic acid groups (broad SMARTS) is 1. The molecule has 4 aliphatic heterocycles. The van der Waals surface area contributed by atoms with Crippen LogP contribution in [-0.4, -0.2) is 78.9 Å². The summed E-state index contributed by atoms with van der Waals surface area (Å²) in [5, 5.41) is 17.7. The predicted octanol–water partition coefficient (Wildman–Crippen LogP) is 6.02. The number of amides is 3. The monoisotopic (exact) mass is 779 g/mol. The molecule has 2 bridgehead atoms. The van der Waals surface area contributed by atoms with Crippen LogP contribution in [0.25, 0.3) is 0 Å². The lowest BCUT2D eigenvalue weighted by Gasteiger charge is -2.60. The van der Waals surface area contributed by atoms with Crippen LogP contribution >= 0.6 is 7.60 Å². The fourth-order valence-electron chi connectivity index (χ4n) is 8.39. The maximum Gasteiger partial charge on any atom is 0.405 e. The maximum absolute atomic E-state index is 13.9. The summed E-state index contributed by atoms with van der Waals surface area (Å²) in [6, 6.07) is 5.85. The first kappa shape index (κ1) is 42.3. The molecular formula is C38H58N3O12P. The van der Waals surface area contributed by atoms with Crippen LogP contribution in [0.3, 0.4) is 0 Å². The van der Waals surface area contributed by atoms with E-state index in [1.165, 1.54) is 5.82 Å². The number of carbonyl (C=O) groups excluding carboxylic acids is 2. The van der Waals surface area contributed by atoms with Crippen LogP contribution in [-0.2, 0) is 47.2 Å². The van der Waals surface area contributed by atoms with Crippen molar-refractivity contribution in [3.8, 4) is 0 Å². The number of hydrogen-bond donors (Lipinski definition) is 4. The number of carbonyl (C=O) groups is 3. The van der Waals surface area contributed by atoms with Gasteiger partial charge in [-0.3, -0.25) is 14.2 Å². The van der Waals surface area contributed by atoms with Gasteiger partial charge in [0.2, 0.25) is 17.6 Å². The fourth-order valence-corrected chi connectivity index (χ4v) is 9.74. The lowest BCUT2D eigenvalue weighted by Crippen LogP contribution is -2.70. The molecule has 4 saturated heterocycles. The summed E-state index contributed by atoms with van der Waals surface area (Å²) in [6.45, 7) is 13.2. The van der Waals surface area contributed by atoms with Gasteiger partial charge in [-0.1, -0.05) is 58.0 Å². The van der Waals surface area contributed by atoms with Gasteiger partial charge in [-0.2, -0.15) is 0 Å². The first-order valence-corrected chi connectivity index (χ1v) is 20.8. The van der Waals surface area contributed by atoms with Crippen molar-refractivity contribution in [2.75, 3.05) is 19.8 Å². The highest BCUT2D eigenvalue weighted by Crippen LogP contribution is 2.60.